The molecule has 0 atom stereocenters. The lowest BCUT2D eigenvalue weighted by atomic mass is 10.2. The number of imidazole rings is 1. The summed E-state index contributed by atoms with van der Waals surface area (Å²) in [6.07, 6.45) is 0. The van der Waals surface area contributed by atoms with Crippen molar-refractivity contribution in [2.45, 2.75) is 13.5 Å². The molecule has 0 fully saturated rings. The Morgan fingerprint density at radius 3 is 2.83 bits per heavy atom. The van der Waals surface area contributed by atoms with Gasteiger partial charge in [0.25, 0.3) is 0 Å². The van der Waals surface area contributed by atoms with E-state index in [2.05, 4.69) is 20.9 Å². The highest BCUT2D eigenvalue weighted by atomic mass is 79.9. The summed E-state index contributed by atoms with van der Waals surface area (Å²) in [6.45, 7) is 2.27. The van der Waals surface area contributed by atoms with Crippen molar-refractivity contribution in [1.82, 2.24) is 9.55 Å². The SMILES string of the molecule is CCOc1ccc(Br)cc1-c1nc2ccccc2n1CC(=O)O. The van der Waals surface area contributed by atoms with Gasteiger partial charge in [0.1, 0.15) is 18.1 Å². The second-order valence-corrected chi connectivity index (χ2v) is 5.89. The third-order valence-electron chi connectivity index (χ3n) is 3.43. The van der Waals surface area contributed by atoms with Crippen molar-refractivity contribution < 1.29 is 14.6 Å². The number of aromatic nitrogens is 2. The van der Waals surface area contributed by atoms with Gasteiger partial charge < -0.3 is 14.4 Å². The number of hydrogen-bond donors (Lipinski definition) is 1. The Bertz CT molecular complexity index is 873. The average Bonchev–Trinajstić information content (AvgIpc) is 2.87. The quantitative estimate of drug-likeness (QED) is 0.734. The molecule has 0 bridgehead atoms. The lowest BCUT2D eigenvalue weighted by Gasteiger charge is -2.12. The lowest BCUT2D eigenvalue weighted by molar-refractivity contribution is -0.137. The first kappa shape index (κ1) is 15.6. The maximum atomic E-state index is 11.3. The molecule has 0 unspecified atom stereocenters. The van der Waals surface area contributed by atoms with Gasteiger partial charge in [0.05, 0.1) is 23.2 Å². The van der Waals surface area contributed by atoms with Gasteiger partial charge in [0, 0.05) is 4.47 Å². The molecule has 0 amide bonds. The summed E-state index contributed by atoms with van der Waals surface area (Å²) >= 11 is 3.46. The van der Waals surface area contributed by atoms with E-state index >= 15 is 0 Å². The molecule has 1 heterocycles. The van der Waals surface area contributed by atoms with Crippen LogP contribution in [0.3, 0.4) is 0 Å². The number of carboxylic acids is 1. The Hall–Kier alpha value is -2.34. The Balaban J connectivity index is 2.27. The zero-order valence-electron chi connectivity index (χ0n) is 12.5. The third kappa shape index (κ3) is 3.07. The first-order valence-corrected chi connectivity index (χ1v) is 7.99. The van der Waals surface area contributed by atoms with E-state index in [-0.39, 0.29) is 6.54 Å². The molecule has 0 aliphatic heterocycles. The fourth-order valence-corrected chi connectivity index (χ4v) is 2.90. The molecule has 0 aliphatic carbocycles. The van der Waals surface area contributed by atoms with E-state index < -0.39 is 5.97 Å². The number of benzene rings is 2. The van der Waals surface area contributed by atoms with E-state index in [1.54, 1.807) is 4.57 Å². The highest BCUT2D eigenvalue weighted by Crippen LogP contribution is 2.34. The number of ether oxygens (including phenoxy) is 1. The number of halogens is 1. The maximum Gasteiger partial charge on any atom is 0.323 e. The molecule has 0 aliphatic rings. The number of nitrogens with zero attached hydrogens (tertiary/aromatic N) is 2. The monoisotopic (exact) mass is 374 g/mol. The third-order valence-corrected chi connectivity index (χ3v) is 3.92. The molecule has 5 nitrogen and oxygen atoms in total. The van der Waals surface area contributed by atoms with Gasteiger partial charge in [0.2, 0.25) is 0 Å². The van der Waals surface area contributed by atoms with Gasteiger partial charge in [-0.1, -0.05) is 28.1 Å². The van der Waals surface area contributed by atoms with Crippen molar-refractivity contribution in [3.05, 3.63) is 46.9 Å². The summed E-state index contributed by atoms with van der Waals surface area (Å²) < 4.78 is 8.26. The zero-order valence-corrected chi connectivity index (χ0v) is 14.1. The fraction of sp³-hybridized carbons (Fsp3) is 0.176. The van der Waals surface area contributed by atoms with Gasteiger partial charge in [-0.3, -0.25) is 4.79 Å². The number of hydrogen-bond acceptors (Lipinski definition) is 3. The number of carboxylic acid groups (broad SMARTS) is 1. The van der Waals surface area contributed by atoms with E-state index in [0.29, 0.717) is 18.2 Å². The molecular weight excluding hydrogens is 360 g/mol. The van der Waals surface area contributed by atoms with Crippen molar-refractivity contribution in [2.75, 3.05) is 6.61 Å². The summed E-state index contributed by atoms with van der Waals surface area (Å²) in [4.78, 5) is 15.9. The second kappa shape index (κ2) is 6.42. The van der Waals surface area contributed by atoms with E-state index in [4.69, 9.17) is 4.74 Å². The van der Waals surface area contributed by atoms with Crippen LogP contribution in [0, 0.1) is 0 Å². The van der Waals surface area contributed by atoms with E-state index in [1.165, 1.54) is 0 Å². The first-order chi connectivity index (χ1) is 11.1. The van der Waals surface area contributed by atoms with Crippen molar-refractivity contribution in [3.63, 3.8) is 0 Å². The minimum atomic E-state index is -0.914. The Kier molecular flexibility index (Phi) is 4.34. The van der Waals surface area contributed by atoms with Gasteiger partial charge in [-0.15, -0.1) is 0 Å². The number of rotatable bonds is 5. The smallest absolute Gasteiger partial charge is 0.323 e. The van der Waals surface area contributed by atoms with Crippen LogP contribution < -0.4 is 4.74 Å². The van der Waals surface area contributed by atoms with Crippen LogP contribution in [0.15, 0.2) is 46.9 Å². The molecule has 0 saturated carbocycles. The molecule has 1 N–H and O–H groups in total. The van der Waals surface area contributed by atoms with Crippen molar-refractivity contribution in [1.29, 1.82) is 0 Å². The largest absolute Gasteiger partial charge is 0.493 e. The highest BCUT2D eigenvalue weighted by molar-refractivity contribution is 9.10. The molecule has 0 saturated heterocycles. The van der Waals surface area contributed by atoms with Gasteiger partial charge in [-0.25, -0.2) is 4.98 Å². The molecule has 6 heteroatoms. The van der Waals surface area contributed by atoms with Crippen LogP contribution in [0.5, 0.6) is 5.75 Å². The minimum Gasteiger partial charge on any atom is -0.493 e. The van der Waals surface area contributed by atoms with Gasteiger partial charge in [-0.05, 0) is 37.3 Å². The molecule has 2 aromatic carbocycles. The van der Waals surface area contributed by atoms with Crippen molar-refractivity contribution >= 4 is 32.9 Å². The number of fused-ring (bicyclic) bond motifs is 1. The zero-order chi connectivity index (χ0) is 16.4. The van der Waals surface area contributed by atoms with Crippen LogP contribution >= 0.6 is 15.9 Å². The standard InChI is InChI=1S/C17H15BrN2O3/c1-2-23-15-8-7-11(18)9-12(15)17-19-13-5-3-4-6-14(13)20(17)10-16(21)22/h3-9H,2,10H2,1H3,(H,21,22). The summed E-state index contributed by atoms with van der Waals surface area (Å²) in [5, 5.41) is 9.25. The molecular formula is C17H15BrN2O3. The van der Waals surface area contributed by atoms with Crippen LogP contribution in [0.4, 0.5) is 0 Å². The average molecular weight is 375 g/mol. The van der Waals surface area contributed by atoms with Crippen LogP contribution in [-0.4, -0.2) is 27.2 Å². The molecule has 0 radical (unpaired) electrons. The molecule has 23 heavy (non-hydrogen) atoms. The van der Waals surface area contributed by atoms with E-state index in [9.17, 15) is 9.90 Å². The first-order valence-electron chi connectivity index (χ1n) is 7.20. The summed E-state index contributed by atoms with van der Waals surface area (Å²) in [6, 6.07) is 13.1. The normalized spacial score (nSPS) is 10.9. The Labute approximate surface area is 141 Å². The van der Waals surface area contributed by atoms with Gasteiger partial charge >= 0.3 is 5.97 Å². The van der Waals surface area contributed by atoms with Crippen LogP contribution in [0.2, 0.25) is 0 Å². The predicted octanol–water partition coefficient (Wildman–Crippen LogP) is 3.95. The summed E-state index contributed by atoms with van der Waals surface area (Å²) in [5.41, 5.74) is 2.30. The van der Waals surface area contributed by atoms with Crippen LogP contribution in [0.1, 0.15) is 6.92 Å². The molecule has 1 aromatic heterocycles. The predicted molar refractivity (Wildman–Crippen MR) is 91.7 cm³/mol. The number of carbonyl (C=O) groups is 1. The molecule has 3 aromatic rings. The highest BCUT2D eigenvalue weighted by Gasteiger charge is 2.18. The Morgan fingerprint density at radius 2 is 2.09 bits per heavy atom. The molecule has 0 spiro atoms. The summed E-state index contributed by atoms with van der Waals surface area (Å²) in [7, 11) is 0. The van der Waals surface area contributed by atoms with Gasteiger partial charge in [0.15, 0.2) is 0 Å². The fourth-order valence-electron chi connectivity index (χ4n) is 2.53. The van der Waals surface area contributed by atoms with E-state index in [1.807, 2.05) is 49.4 Å². The van der Waals surface area contributed by atoms with Crippen molar-refractivity contribution in [3.8, 4) is 17.1 Å². The Morgan fingerprint density at radius 1 is 1.30 bits per heavy atom. The number of para-hydroxylation sites is 2. The van der Waals surface area contributed by atoms with Crippen molar-refractivity contribution in [2.24, 2.45) is 0 Å². The van der Waals surface area contributed by atoms with Crippen LogP contribution in [-0.2, 0) is 11.3 Å². The molecule has 118 valence electrons. The minimum absolute atomic E-state index is 0.159. The lowest BCUT2D eigenvalue weighted by Crippen LogP contribution is -2.10. The number of aliphatic carboxylic acids is 1. The topological polar surface area (TPSA) is 64.4 Å². The summed E-state index contributed by atoms with van der Waals surface area (Å²) in [5.74, 6) is 0.346. The molecule has 3 rings (SSSR count). The maximum absolute atomic E-state index is 11.3. The van der Waals surface area contributed by atoms with Gasteiger partial charge in [-0.2, -0.15) is 0 Å². The van der Waals surface area contributed by atoms with Crippen LogP contribution in [0.25, 0.3) is 22.4 Å². The second-order valence-electron chi connectivity index (χ2n) is 4.98. The van der Waals surface area contributed by atoms with E-state index in [0.717, 1.165) is 21.1 Å².